The van der Waals surface area contributed by atoms with Crippen molar-refractivity contribution >= 4 is 29.1 Å². The van der Waals surface area contributed by atoms with E-state index in [0.29, 0.717) is 17.1 Å². The molecule has 3 aromatic carbocycles. The van der Waals surface area contributed by atoms with Gasteiger partial charge in [0.1, 0.15) is 6.04 Å². The molecule has 0 saturated heterocycles. The molecule has 0 saturated carbocycles. The van der Waals surface area contributed by atoms with Crippen molar-refractivity contribution < 1.29 is 14.5 Å². The van der Waals surface area contributed by atoms with Gasteiger partial charge in [0.15, 0.2) is 0 Å². The van der Waals surface area contributed by atoms with Crippen LogP contribution in [-0.4, -0.2) is 34.2 Å². The van der Waals surface area contributed by atoms with Gasteiger partial charge in [-0.15, -0.1) is 0 Å². The topological polar surface area (TPSA) is 92.6 Å². The molecule has 8 heteroatoms. The van der Waals surface area contributed by atoms with Crippen LogP contribution in [0.15, 0.2) is 78.9 Å². The summed E-state index contributed by atoms with van der Waals surface area (Å²) < 4.78 is 0. The summed E-state index contributed by atoms with van der Waals surface area (Å²) in [6, 6.07) is 21.9. The maximum absolute atomic E-state index is 13.8. The zero-order chi connectivity index (χ0) is 26.1. The van der Waals surface area contributed by atoms with E-state index in [1.54, 1.807) is 36.4 Å². The van der Waals surface area contributed by atoms with Gasteiger partial charge in [0.05, 0.1) is 11.3 Å². The molecule has 0 fully saturated rings. The van der Waals surface area contributed by atoms with Gasteiger partial charge in [0.2, 0.25) is 11.8 Å². The predicted octanol–water partition coefficient (Wildman–Crippen LogP) is 5.20. The van der Waals surface area contributed by atoms with Crippen molar-refractivity contribution in [3.05, 3.63) is 111 Å². The summed E-state index contributed by atoms with van der Waals surface area (Å²) in [6.45, 7) is 4.54. The molecule has 0 aliphatic rings. The van der Waals surface area contributed by atoms with Crippen LogP contribution in [0, 0.1) is 16.0 Å². The summed E-state index contributed by atoms with van der Waals surface area (Å²) in [4.78, 5) is 39.7. The number of halogens is 1. The minimum absolute atomic E-state index is 0.0890. The maximum atomic E-state index is 13.8. The number of nitro groups is 1. The molecule has 3 aromatic rings. The third-order valence-corrected chi connectivity index (χ3v) is 6.15. The quantitative estimate of drug-likeness (QED) is 0.285. The minimum Gasteiger partial charge on any atom is -0.354 e. The summed E-state index contributed by atoms with van der Waals surface area (Å²) in [6.07, 6.45) is 0.0716. The Morgan fingerprint density at radius 3 is 2.19 bits per heavy atom. The van der Waals surface area contributed by atoms with Gasteiger partial charge in [-0.1, -0.05) is 92.2 Å². The monoisotopic (exact) mass is 507 g/mol. The fourth-order valence-corrected chi connectivity index (χ4v) is 4.09. The van der Waals surface area contributed by atoms with Gasteiger partial charge in [-0.05, 0) is 23.1 Å². The largest absolute Gasteiger partial charge is 0.354 e. The molecule has 0 heterocycles. The average molecular weight is 508 g/mol. The Balaban J connectivity index is 2.01. The predicted molar refractivity (Wildman–Crippen MR) is 141 cm³/mol. The number of amides is 2. The van der Waals surface area contributed by atoms with Gasteiger partial charge in [0.25, 0.3) is 5.69 Å². The molecule has 188 valence electrons. The van der Waals surface area contributed by atoms with Gasteiger partial charge in [-0.2, -0.15) is 0 Å². The average Bonchev–Trinajstić information content (AvgIpc) is 2.86. The zero-order valence-corrected chi connectivity index (χ0v) is 21.1. The van der Waals surface area contributed by atoms with Crippen LogP contribution in [0.2, 0.25) is 5.02 Å². The minimum atomic E-state index is -0.835. The summed E-state index contributed by atoms with van der Waals surface area (Å²) in [7, 11) is 0. The Morgan fingerprint density at radius 2 is 1.56 bits per heavy atom. The lowest BCUT2D eigenvalue weighted by Crippen LogP contribution is -2.51. The summed E-state index contributed by atoms with van der Waals surface area (Å²) in [5, 5.41) is 15.0. The molecule has 0 spiro atoms. The van der Waals surface area contributed by atoms with Crippen LogP contribution in [0.3, 0.4) is 0 Å². The Hall–Kier alpha value is -3.71. The third kappa shape index (κ3) is 7.39. The molecule has 2 amide bonds. The fraction of sp³-hybridized carbons (Fsp3) is 0.286. The molecule has 7 nitrogen and oxygen atoms in total. The molecule has 36 heavy (non-hydrogen) atoms. The van der Waals surface area contributed by atoms with E-state index in [0.717, 1.165) is 5.56 Å². The number of nitrogens with one attached hydrogen (secondary N) is 1. The number of benzene rings is 3. The SMILES string of the molecule is CC(C)CNC(=O)[C@@H](Cc1ccccc1)N(Cc1ccccc1Cl)C(=O)Cc1ccccc1[N+](=O)[O-]. The van der Waals surface area contributed by atoms with Gasteiger partial charge in [-0.25, -0.2) is 0 Å². The van der Waals surface area contributed by atoms with Crippen molar-refractivity contribution in [3.8, 4) is 0 Å². The second-order valence-corrected chi connectivity index (χ2v) is 9.43. The van der Waals surface area contributed by atoms with E-state index in [-0.39, 0.29) is 42.5 Å². The molecule has 1 N–H and O–H groups in total. The number of carbonyl (C=O) groups excluding carboxylic acids is 2. The van der Waals surface area contributed by atoms with Crippen LogP contribution in [0.5, 0.6) is 0 Å². The number of nitrogens with zero attached hydrogens (tertiary/aromatic N) is 2. The Bertz CT molecular complexity index is 1200. The van der Waals surface area contributed by atoms with Crippen LogP contribution in [0.25, 0.3) is 0 Å². The molecule has 0 aromatic heterocycles. The van der Waals surface area contributed by atoms with Crippen molar-refractivity contribution in [2.75, 3.05) is 6.54 Å². The highest BCUT2D eigenvalue weighted by atomic mass is 35.5. The van der Waals surface area contributed by atoms with Crippen LogP contribution in [0.4, 0.5) is 5.69 Å². The number of rotatable bonds is 11. The van der Waals surface area contributed by atoms with Crippen LogP contribution >= 0.6 is 11.6 Å². The first-order chi connectivity index (χ1) is 17.3. The first-order valence-electron chi connectivity index (χ1n) is 11.8. The number of nitro benzene ring substituents is 1. The lowest BCUT2D eigenvalue weighted by atomic mass is 10.0. The second-order valence-electron chi connectivity index (χ2n) is 9.02. The number of para-hydroxylation sites is 1. The molecule has 0 bridgehead atoms. The number of carbonyl (C=O) groups is 2. The van der Waals surface area contributed by atoms with Gasteiger partial charge in [0, 0.05) is 36.2 Å². The van der Waals surface area contributed by atoms with Gasteiger partial charge in [-0.3, -0.25) is 19.7 Å². The van der Waals surface area contributed by atoms with Crippen molar-refractivity contribution in [2.24, 2.45) is 5.92 Å². The van der Waals surface area contributed by atoms with E-state index in [2.05, 4.69) is 5.32 Å². The van der Waals surface area contributed by atoms with Crippen molar-refractivity contribution in [3.63, 3.8) is 0 Å². The summed E-state index contributed by atoms with van der Waals surface area (Å²) in [5.41, 5.74) is 1.74. The highest BCUT2D eigenvalue weighted by Gasteiger charge is 2.31. The molecular weight excluding hydrogens is 478 g/mol. The molecule has 3 rings (SSSR count). The Kier molecular flexibility index (Phi) is 9.59. The highest BCUT2D eigenvalue weighted by Crippen LogP contribution is 2.23. The Labute approximate surface area is 216 Å². The summed E-state index contributed by atoms with van der Waals surface area (Å²) >= 11 is 6.42. The molecular formula is C28H30ClN3O4. The van der Waals surface area contributed by atoms with Gasteiger partial charge < -0.3 is 10.2 Å². The van der Waals surface area contributed by atoms with E-state index < -0.39 is 16.9 Å². The first kappa shape index (κ1) is 26.9. The van der Waals surface area contributed by atoms with Gasteiger partial charge >= 0.3 is 0 Å². The molecule has 0 unspecified atom stereocenters. The van der Waals surface area contributed by atoms with Crippen molar-refractivity contribution in [1.29, 1.82) is 0 Å². The van der Waals surface area contributed by atoms with E-state index in [1.807, 2.05) is 50.2 Å². The molecule has 1 atom stereocenters. The molecule has 0 radical (unpaired) electrons. The molecule has 0 aliphatic heterocycles. The highest BCUT2D eigenvalue weighted by molar-refractivity contribution is 6.31. The number of hydrogen-bond donors (Lipinski definition) is 1. The number of hydrogen-bond acceptors (Lipinski definition) is 4. The third-order valence-electron chi connectivity index (χ3n) is 5.78. The lowest BCUT2D eigenvalue weighted by Gasteiger charge is -2.32. The second kappa shape index (κ2) is 12.8. The van der Waals surface area contributed by atoms with E-state index in [1.165, 1.54) is 11.0 Å². The van der Waals surface area contributed by atoms with Crippen LogP contribution < -0.4 is 5.32 Å². The van der Waals surface area contributed by atoms with E-state index in [4.69, 9.17) is 11.6 Å². The normalized spacial score (nSPS) is 11.7. The molecule has 0 aliphatic carbocycles. The smallest absolute Gasteiger partial charge is 0.273 e. The maximum Gasteiger partial charge on any atom is 0.273 e. The standard InChI is InChI=1S/C28H30ClN3O4/c1-20(2)18-30-28(34)26(16-21-10-4-3-5-11-21)31(19-23-13-6-8-14-24(23)29)27(33)17-22-12-7-9-15-25(22)32(35)36/h3-15,20,26H,16-19H2,1-2H3,(H,30,34)/t26-/m1/s1. The zero-order valence-electron chi connectivity index (χ0n) is 20.4. The van der Waals surface area contributed by atoms with Crippen molar-refractivity contribution in [1.82, 2.24) is 10.2 Å². The van der Waals surface area contributed by atoms with E-state index >= 15 is 0 Å². The summed E-state index contributed by atoms with van der Waals surface area (Å²) in [5.74, 6) is -0.452. The first-order valence-corrected chi connectivity index (χ1v) is 12.2. The van der Waals surface area contributed by atoms with Crippen LogP contribution in [-0.2, 0) is 29.0 Å². The van der Waals surface area contributed by atoms with Crippen molar-refractivity contribution in [2.45, 2.75) is 39.3 Å². The van der Waals surface area contributed by atoms with Crippen LogP contribution in [0.1, 0.15) is 30.5 Å². The van der Waals surface area contributed by atoms with E-state index in [9.17, 15) is 19.7 Å². The fourth-order valence-electron chi connectivity index (χ4n) is 3.89. The Morgan fingerprint density at radius 1 is 0.944 bits per heavy atom. The lowest BCUT2D eigenvalue weighted by molar-refractivity contribution is -0.385.